The number of amides is 1. The van der Waals surface area contributed by atoms with Crippen LogP contribution in [0.3, 0.4) is 0 Å². The summed E-state index contributed by atoms with van der Waals surface area (Å²) in [6, 6.07) is 5.66. The molecular weight excluding hydrogens is 420 g/mol. The van der Waals surface area contributed by atoms with Gasteiger partial charge in [0, 0.05) is 48.9 Å². The molecule has 1 aliphatic heterocycles. The third-order valence-electron chi connectivity index (χ3n) is 5.19. The molecule has 1 aromatic carbocycles. The second-order valence-electron chi connectivity index (χ2n) is 7.60. The third-order valence-corrected chi connectivity index (χ3v) is 5.56. The van der Waals surface area contributed by atoms with Crippen molar-refractivity contribution in [1.82, 2.24) is 25.0 Å². The van der Waals surface area contributed by atoms with Crippen molar-refractivity contribution >= 4 is 29.3 Å². The number of benzene rings is 1. The average molecular weight is 443 g/mol. The number of nitrogen functional groups attached to an aromatic ring is 1. The Morgan fingerprint density at radius 1 is 1.35 bits per heavy atom. The van der Waals surface area contributed by atoms with Crippen LogP contribution in [0.5, 0.6) is 0 Å². The molecule has 9 nitrogen and oxygen atoms in total. The van der Waals surface area contributed by atoms with Crippen molar-refractivity contribution in [2.45, 2.75) is 25.9 Å². The number of carbonyl (C=O) groups is 2. The number of nitrogens with one attached hydrogen (secondary N) is 1. The number of nitrogens with zero attached hydrogens (tertiary/aromatic N) is 4. The number of nitrogens with two attached hydrogens (primary N) is 1. The number of rotatable bonds is 6. The standard InChI is InChI=1S/C21H23ClN6O3/c1-13-9-27(5-4-24-13)20(30)11-28-10-16(8-25-28)14-2-3-17(22)15(6-14)7-19(29)18-12-31-21(23)26-18/h2-3,6,8,10,12-13,24H,4-5,7,9,11H2,1H3,(H2,23,26). The molecule has 0 saturated carbocycles. The topological polar surface area (TPSA) is 119 Å². The van der Waals surface area contributed by atoms with Gasteiger partial charge in [-0.1, -0.05) is 17.7 Å². The molecule has 3 aromatic rings. The molecule has 4 rings (SSSR count). The van der Waals surface area contributed by atoms with Gasteiger partial charge < -0.3 is 20.4 Å². The molecular formula is C21H23ClN6O3. The van der Waals surface area contributed by atoms with E-state index < -0.39 is 0 Å². The van der Waals surface area contributed by atoms with Gasteiger partial charge in [-0.05, 0) is 30.2 Å². The van der Waals surface area contributed by atoms with E-state index in [4.69, 9.17) is 21.8 Å². The van der Waals surface area contributed by atoms with E-state index >= 15 is 0 Å². The van der Waals surface area contributed by atoms with Gasteiger partial charge >= 0.3 is 0 Å². The second kappa shape index (κ2) is 8.91. The summed E-state index contributed by atoms with van der Waals surface area (Å²) in [5, 5.41) is 8.13. The van der Waals surface area contributed by atoms with E-state index in [0.717, 1.165) is 17.7 Å². The second-order valence-corrected chi connectivity index (χ2v) is 8.01. The van der Waals surface area contributed by atoms with E-state index in [1.807, 2.05) is 23.2 Å². The van der Waals surface area contributed by atoms with Crippen LogP contribution in [0.1, 0.15) is 23.0 Å². The molecule has 2 aromatic heterocycles. The van der Waals surface area contributed by atoms with Crippen molar-refractivity contribution in [3.8, 4) is 11.1 Å². The number of oxazole rings is 1. The normalized spacial score (nSPS) is 16.5. The third kappa shape index (κ3) is 4.95. The van der Waals surface area contributed by atoms with Crippen molar-refractivity contribution in [3.63, 3.8) is 0 Å². The summed E-state index contributed by atoms with van der Waals surface area (Å²) in [6.45, 7) is 4.43. The number of halogens is 1. The molecule has 1 saturated heterocycles. The Labute approximate surface area is 184 Å². The predicted octanol–water partition coefficient (Wildman–Crippen LogP) is 2.02. The molecule has 1 atom stereocenters. The summed E-state index contributed by atoms with van der Waals surface area (Å²) in [5.74, 6) is -0.205. The predicted molar refractivity (Wildman–Crippen MR) is 116 cm³/mol. The largest absolute Gasteiger partial charge is 0.432 e. The summed E-state index contributed by atoms with van der Waals surface area (Å²) in [6.07, 6.45) is 4.81. The number of ketones is 1. The Morgan fingerprint density at radius 3 is 2.94 bits per heavy atom. The Hall–Kier alpha value is -3.17. The van der Waals surface area contributed by atoms with E-state index in [1.165, 1.54) is 6.26 Å². The zero-order valence-electron chi connectivity index (χ0n) is 17.0. The summed E-state index contributed by atoms with van der Waals surface area (Å²) in [5.41, 5.74) is 7.93. The molecule has 1 fully saturated rings. The zero-order chi connectivity index (χ0) is 22.0. The summed E-state index contributed by atoms with van der Waals surface area (Å²) < 4.78 is 6.52. The minimum Gasteiger partial charge on any atom is -0.432 e. The molecule has 1 aliphatic rings. The maximum atomic E-state index is 12.6. The van der Waals surface area contributed by atoms with Crippen molar-refractivity contribution in [3.05, 3.63) is 53.1 Å². The highest BCUT2D eigenvalue weighted by Crippen LogP contribution is 2.26. The molecule has 0 bridgehead atoms. The van der Waals surface area contributed by atoms with Crippen LogP contribution in [-0.4, -0.2) is 57.0 Å². The number of aromatic nitrogens is 3. The van der Waals surface area contributed by atoms with Gasteiger partial charge in [0.1, 0.15) is 18.5 Å². The van der Waals surface area contributed by atoms with E-state index in [1.54, 1.807) is 16.9 Å². The van der Waals surface area contributed by atoms with Crippen LogP contribution < -0.4 is 11.1 Å². The number of hydrogen-bond donors (Lipinski definition) is 2. The summed E-state index contributed by atoms with van der Waals surface area (Å²) in [4.78, 5) is 30.7. The minimum atomic E-state index is -0.244. The fourth-order valence-corrected chi connectivity index (χ4v) is 3.75. The highest BCUT2D eigenvalue weighted by atomic mass is 35.5. The molecule has 1 amide bonds. The molecule has 0 radical (unpaired) electrons. The Bertz CT molecular complexity index is 1110. The van der Waals surface area contributed by atoms with Gasteiger partial charge in [0.2, 0.25) is 5.91 Å². The Kier molecular flexibility index (Phi) is 6.06. The molecule has 1 unspecified atom stereocenters. The number of anilines is 1. The van der Waals surface area contributed by atoms with Crippen molar-refractivity contribution in [2.75, 3.05) is 25.4 Å². The Morgan fingerprint density at radius 2 is 2.19 bits per heavy atom. The summed E-state index contributed by atoms with van der Waals surface area (Å²) in [7, 11) is 0. The van der Waals surface area contributed by atoms with Crippen LogP contribution in [0, 0.1) is 0 Å². The van der Waals surface area contributed by atoms with Crippen LogP contribution in [0.4, 0.5) is 6.01 Å². The molecule has 3 heterocycles. The summed E-state index contributed by atoms with van der Waals surface area (Å²) >= 11 is 6.30. The monoisotopic (exact) mass is 442 g/mol. The first-order chi connectivity index (χ1) is 14.9. The van der Waals surface area contributed by atoms with Gasteiger partial charge in [0.05, 0.1) is 6.20 Å². The quantitative estimate of drug-likeness (QED) is 0.560. The van der Waals surface area contributed by atoms with Gasteiger partial charge in [-0.2, -0.15) is 10.1 Å². The van der Waals surface area contributed by atoms with Gasteiger partial charge in [-0.25, -0.2) is 0 Å². The van der Waals surface area contributed by atoms with Crippen molar-refractivity contribution in [2.24, 2.45) is 0 Å². The molecule has 31 heavy (non-hydrogen) atoms. The van der Waals surface area contributed by atoms with Crippen LogP contribution >= 0.6 is 11.6 Å². The molecule has 10 heteroatoms. The number of hydrogen-bond acceptors (Lipinski definition) is 7. The highest BCUT2D eigenvalue weighted by Gasteiger charge is 2.21. The smallest absolute Gasteiger partial charge is 0.292 e. The molecule has 0 aliphatic carbocycles. The van der Waals surface area contributed by atoms with Crippen LogP contribution in [0.15, 0.2) is 41.3 Å². The van der Waals surface area contributed by atoms with Crippen molar-refractivity contribution < 1.29 is 14.0 Å². The fraction of sp³-hybridized carbons (Fsp3) is 0.333. The van der Waals surface area contributed by atoms with Crippen molar-refractivity contribution in [1.29, 1.82) is 0 Å². The van der Waals surface area contributed by atoms with E-state index in [2.05, 4.69) is 22.3 Å². The van der Waals surface area contributed by atoms with Crippen LogP contribution in [-0.2, 0) is 17.8 Å². The lowest BCUT2D eigenvalue weighted by atomic mass is 10.0. The van der Waals surface area contributed by atoms with E-state index in [9.17, 15) is 9.59 Å². The first-order valence-electron chi connectivity index (χ1n) is 9.95. The SMILES string of the molecule is CC1CN(C(=O)Cn2cc(-c3ccc(Cl)c(CC(=O)c4coc(N)n4)c3)cn2)CCN1. The lowest BCUT2D eigenvalue weighted by Crippen LogP contribution is -2.52. The molecule has 3 N–H and O–H groups in total. The highest BCUT2D eigenvalue weighted by molar-refractivity contribution is 6.31. The number of Topliss-reactive ketones (excluding diaryl/α,β-unsaturated/α-hetero) is 1. The number of piperazine rings is 1. The first kappa shape index (κ1) is 21.1. The lowest BCUT2D eigenvalue weighted by molar-refractivity contribution is -0.133. The van der Waals surface area contributed by atoms with Crippen LogP contribution in [0.2, 0.25) is 5.02 Å². The zero-order valence-corrected chi connectivity index (χ0v) is 17.8. The van der Waals surface area contributed by atoms with Gasteiger partial charge in [0.25, 0.3) is 6.01 Å². The lowest BCUT2D eigenvalue weighted by Gasteiger charge is -2.31. The first-order valence-corrected chi connectivity index (χ1v) is 10.3. The maximum absolute atomic E-state index is 12.6. The number of carbonyl (C=O) groups excluding carboxylic acids is 2. The molecule has 0 spiro atoms. The van der Waals surface area contributed by atoms with E-state index in [-0.39, 0.29) is 42.4 Å². The fourth-order valence-electron chi connectivity index (χ4n) is 3.57. The van der Waals surface area contributed by atoms with Crippen LogP contribution in [0.25, 0.3) is 11.1 Å². The average Bonchev–Trinajstić information content (AvgIpc) is 3.39. The van der Waals surface area contributed by atoms with Gasteiger partial charge in [-0.3, -0.25) is 14.3 Å². The van der Waals surface area contributed by atoms with Gasteiger partial charge in [0.15, 0.2) is 5.78 Å². The molecule has 162 valence electrons. The minimum absolute atomic E-state index is 0.0391. The maximum Gasteiger partial charge on any atom is 0.292 e. The van der Waals surface area contributed by atoms with E-state index in [0.29, 0.717) is 23.7 Å². The van der Waals surface area contributed by atoms with Gasteiger partial charge in [-0.15, -0.1) is 0 Å². The Balaban J connectivity index is 1.46.